The average Bonchev–Trinajstić information content (AvgIpc) is 3.46. The van der Waals surface area contributed by atoms with Gasteiger partial charge in [-0.3, -0.25) is 0 Å². The minimum Gasteiger partial charge on any atom is -0.0617 e. The summed E-state index contributed by atoms with van der Waals surface area (Å²) in [6.45, 7) is 0. The van der Waals surface area contributed by atoms with Crippen LogP contribution in [0.5, 0.6) is 0 Å². The second kappa shape index (κ2) is 10.5. The van der Waals surface area contributed by atoms with Crippen LogP contribution >= 0.6 is 0 Å². The molecule has 1 nitrogen and oxygen atoms in total. The SMILES string of the molecule is c1ccc(-c2ccc(N(c3ccccc3)c3ccccc3-c3ccc4ccc5c6ccccc6[se]c5c4c3)cc2)cc1. The van der Waals surface area contributed by atoms with Crippen molar-refractivity contribution in [3.05, 3.63) is 164 Å². The molecule has 0 amide bonds. The van der Waals surface area contributed by atoms with E-state index < -0.39 is 0 Å². The van der Waals surface area contributed by atoms with Crippen LogP contribution in [0.4, 0.5) is 17.1 Å². The van der Waals surface area contributed by atoms with Crippen LogP contribution in [0.15, 0.2) is 164 Å². The van der Waals surface area contributed by atoms with E-state index >= 15 is 0 Å². The minimum atomic E-state index is 0.306. The van der Waals surface area contributed by atoms with Gasteiger partial charge in [-0.1, -0.05) is 30.3 Å². The molecule has 0 aliphatic rings. The monoisotopic (exact) mass is 601 g/mol. The van der Waals surface area contributed by atoms with Gasteiger partial charge in [-0.15, -0.1) is 0 Å². The van der Waals surface area contributed by atoms with Gasteiger partial charge in [0.1, 0.15) is 0 Å². The summed E-state index contributed by atoms with van der Waals surface area (Å²) >= 11 is 0.306. The first-order valence-electron chi connectivity index (χ1n) is 14.3. The molecule has 0 unspecified atom stereocenters. The van der Waals surface area contributed by atoms with Gasteiger partial charge in [-0.05, 0) is 0 Å². The summed E-state index contributed by atoms with van der Waals surface area (Å²) in [5.41, 5.74) is 8.33. The molecule has 0 aliphatic carbocycles. The van der Waals surface area contributed by atoms with Crippen molar-refractivity contribution >= 4 is 61.6 Å². The number of nitrogens with zero attached hydrogens (tertiary/aromatic N) is 1. The van der Waals surface area contributed by atoms with Crippen LogP contribution in [-0.2, 0) is 0 Å². The van der Waals surface area contributed by atoms with E-state index in [1.165, 1.54) is 52.3 Å². The average molecular weight is 601 g/mol. The summed E-state index contributed by atoms with van der Waals surface area (Å²) in [5, 5.41) is 5.47. The van der Waals surface area contributed by atoms with Gasteiger partial charge in [0.05, 0.1) is 0 Å². The molecule has 0 radical (unpaired) electrons. The zero-order valence-electron chi connectivity index (χ0n) is 22.9. The van der Waals surface area contributed by atoms with E-state index in [4.69, 9.17) is 0 Å². The van der Waals surface area contributed by atoms with Crippen molar-refractivity contribution < 1.29 is 0 Å². The van der Waals surface area contributed by atoms with Crippen LogP contribution in [0.3, 0.4) is 0 Å². The molecule has 8 aromatic rings. The fourth-order valence-corrected chi connectivity index (χ4v) is 8.60. The Bertz CT molecular complexity index is 2180. The standard InChI is InChI=1S/C40H27NSe/c1-3-11-28(12-4-1)29-21-24-33(25-22-29)41(32-13-5-2-6-14-32)38-17-9-7-15-34(38)31-20-19-30-23-26-36-35-16-8-10-18-39(35)42-40(36)37(30)27-31/h1-27H. The zero-order chi connectivity index (χ0) is 27.9. The normalized spacial score (nSPS) is 11.3. The number of hydrogen-bond acceptors (Lipinski definition) is 1. The maximum absolute atomic E-state index is 2.42. The topological polar surface area (TPSA) is 3.24 Å². The maximum Gasteiger partial charge on any atom is -0.0544 e. The number of fused-ring (bicyclic) bond motifs is 5. The first kappa shape index (κ1) is 24.9. The van der Waals surface area contributed by atoms with Gasteiger partial charge in [0.25, 0.3) is 0 Å². The molecule has 1 heterocycles. The molecule has 0 N–H and O–H groups in total. The summed E-state index contributed by atoms with van der Waals surface area (Å²) in [5.74, 6) is 0. The van der Waals surface area contributed by atoms with E-state index in [0.29, 0.717) is 14.5 Å². The molecule has 1 aromatic heterocycles. The predicted octanol–water partition coefficient (Wildman–Crippen LogP) is 11.0. The van der Waals surface area contributed by atoms with E-state index in [1.54, 1.807) is 0 Å². The van der Waals surface area contributed by atoms with E-state index in [-0.39, 0.29) is 0 Å². The Kier molecular flexibility index (Phi) is 6.22. The van der Waals surface area contributed by atoms with Gasteiger partial charge >= 0.3 is 222 Å². The molecule has 0 spiro atoms. The van der Waals surface area contributed by atoms with Crippen molar-refractivity contribution in [1.29, 1.82) is 0 Å². The largest absolute Gasteiger partial charge is 0.0617 e. The van der Waals surface area contributed by atoms with Crippen LogP contribution in [0.2, 0.25) is 0 Å². The van der Waals surface area contributed by atoms with E-state index in [0.717, 1.165) is 17.1 Å². The van der Waals surface area contributed by atoms with Gasteiger partial charge in [-0.25, -0.2) is 0 Å². The van der Waals surface area contributed by atoms with Crippen LogP contribution in [-0.4, -0.2) is 14.5 Å². The minimum absolute atomic E-state index is 0.306. The molecular formula is C40H27NSe. The fraction of sp³-hybridized carbons (Fsp3) is 0. The van der Waals surface area contributed by atoms with Gasteiger partial charge < -0.3 is 0 Å². The third-order valence-corrected chi connectivity index (χ3v) is 10.6. The number of hydrogen-bond donors (Lipinski definition) is 0. The van der Waals surface area contributed by atoms with Gasteiger partial charge in [0.15, 0.2) is 0 Å². The van der Waals surface area contributed by atoms with Crippen molar-refractivity contribution in [1.82, 2.24) is 0 Å². The summed E-state index contributed by atoms with van der Waals surface area (Å²) < 4.78 is 2.98. The zero-order valence-corrected chi connectivity index (χ0v) is 24.7. The first-order valence-corrected chi connectivity index (χ1v) is 16.0. The van der Waals surface area contributed by atoms with Crippen LogP contribution < -0.4 is 4.90 Å². The predicted molar refractivity (Wildman–Crippen MR) is 181 cm³/mol. The Morgan fingerprint density at radius 2 is 1.02 bits per heavy atom. The Balaban J connectivity index is 1.30. The third kappa shape index (κ3) is 4.33. The number of benzene rings is 7. The van der Waals surface area contributed by atoms with Crippen molar-refractivity contribution in [3.8, 4) is 22.3 Å². The Labute approximate surface area is 251 Å². The fourth-order valence-electron chi connectivity index (χ4n) is 6.02. The van der Waals surface area contributed by atoms with Gasteiger partial charge in [0, 0.05) is 0 Å². The van der Waals surface area contributed by atoms with E-state index in [1.807, 2.05) is 0 Å². The molecule has 0 bridgehead atoms. The molecule has 0 fully saturated rings. The van der Waals surface area contributed by atoms with Crippen LogP contribution in [0, 0.1) is 0 Å². The van der Waals surface area contributed by atoms with E-state index in [2.05, 4.69) is 169 Å². The molecule has 7 aromatic carbocycles. The van der Waals surface area contributed by atoms with Crippen LogP contribution in [0.25, 0.3) is 52.3 Å². The Hall–Kier alpha value is -4.88. The molecule has 0 saturated carbocycles. The Morgan fingerprint density at radius 3 is 1.86 bits per heavy atom. The first-order chi connectivity index (χ1) is 20.8. The summed E-state index contributed by atoms with van der Waals surface area (Å²) in [6.07, 6.45) is 0. The molecule has 198 valence electrons. The molecular weight excluding hydrogens is 573 g/mol. The van der Waals surface area contributed by atoms with Crippen molar-refractivity contribution in [2.75, 3.05) is 4.90 Å². The second-order valence-electron chi connectivity index (χ2n) is 10.6. The smallest absolute Gasteiger partial charge is 0.0544 e. The quantitative estimate of drug-likeness (QED) is 0.178. The Morgan fingerprint density at radius 1 is 0.405 bits per heavy atom. The molecule has 0 atom stereocenters. The molecule has 0 saturated heterocycles. The molecule has 42 heavy (non-hydrogen) atoms. The molecule has 8 rings (SSSR count). The maximum atomic E-state index is 2.42. The van der Waals surface area contributed by atoms with Crippen molar-refractivity contribution in [3.63, 3.8) is 0 Å². The van der Waals surface area contributed by atoms with Gasteiger partial charge in [-0.2, -0.15) is 0 Å². The summed E-state index contributed by atoms with van der Waals surface area (Å²) in [4.78, 5) is 2.38. The summed E-state index contributed by atoms with van der Waals surface area (Å²) in [6, 6.07) is 59.5. The third-order valence-electron chi connectivity index (χ3n) is 8.06. The molecule has 0 aliphatic heterocycles. The van der Waals surface area contributed by atoms with Crippen molar-refractivity contribution in [2.24, 2.45) is 0 Å². The van der Waals surface area contributed by atoms with Gasteiger partial charge in [0.2, 0.25) is 0 Å². The molecule has 2 heteroatoms. The number of rotatable bonds is 5. The summed E-state index contributed by atoms with van der Waals surface area (Å²) in [7, 11) is 0. The number of anilines is 3. The second-order valence-corrected chi connectivity index (χ2v) is 12.8. The van der Waals surface area contributed by atoms with Crippen LogP contribution in [0.1, 0.15) is 0 Å². The van der Waals surface area contributed by atoms with Crippen molar-refractivity contribution in [2.45, 2.75) is 0 Å². The van der Waals surface area contributed by atoms with E-state index in [9.17, 15) is 0 Å². The number of para-hydroxylation sites is 2.